The van der Waals surface area contributed by atoms with Crippen LogP contribution in [0.15, 0.2) is 54.7 Å². The molecule has 0 spiro atoms. The van der Waals surface area contributed by atoms with Crippen LogP contribution in [0.25, 0.3) is 0 Å². The minimum absolute atomic E-state index is 0.00181. The fourth-order valence-corrected chi connectivity index (χ4v) is 2.89. The number of pyridine rings is 1. The molecule has 7 heteroatoms. The van der Waals surface area contributed by atoms with E-state index in [9.17, 15) is 9.59 Å². The summed E-state index contributed by atoms with van der Waals surface area (Å²) in [6, 6.07) is 14.6. The van der Waals surface area contributed by atoms with Gasteiger partial charge in [-0.1, -0.05) is 24.3 Å². The summed E-state index contributed by atoms with van der Waals surface area (Å²) in [6.07, 6.45) is 1.60. The average Bonchev–Trinajstić information content (AvgIpc) is 2.74. The first-order chi connectivity index (χ1) is 13.2. The molecule has 3 rings (SSSR count). The molecule has 7 nitrogen and oxygen atoms in total. The van der Waals surface area contributed by atoms with Gasteiger partial charge in [-0.3, -0.25) is 19.5 Å². The molecule has 142 valence electrons. The highest BCUT2D eigenvalue weighted by Crippen LogP contribution is 2.09. The van der Waals surface area contributed by atoms with Crippen LogP contribution in [-0.2, 0) is 4.79 Å². The van der Waals surface area contributed by atoms with Crippen molar-refractivity contribution < 1.29 is 14.3 Å². The summed E-state index contributed by atoms with van der Waals surface area (Å²) in [5.74, 6) is 0.539. The van der Waals surface area contributed by atoms with Gasteiger partial charge in [0, 0.05) is 45.5 Å². The molecule has 1 saturated heterocycles. The lowest BCUT2D eigenvalue weighted by Gasteiger charge is -2.34. The van der Waals surface area contributed by atoms with Crippen LogP contribution in [0.1, 0.15) is 10.5 Å². The second kappa shape index (κ2) is 9.68. The monoisotopic (exact) mass is 368 g/mol. The predicted molar refractivity (Wildman–Crippen MR) is 102 cm³/mol. The topological polar surface area (TPSA) is 74.8 Å². The Bertz CT molecular complexity index is 731. The van der Waals surface area contributed by atoms with E-state index < -0.39 is 0 Å². The predicted octanol–water partition coefficient (Wildman–Crippen LogP) is 1.03. The number of carbonyl (C=O) groups is 2. The fraction of sp³-hybridized carbons (Fsp3) is 0.350. The number of nitrogens with one attached hydrogen (secondary N) is 1. The number of hydrogen-bond donors (Lipinski definition) is 1. The number of aromatic nitrogens is 1. The van der Waals surface area contributed by atoms with E-state index in [0.717, 1.165) is 19.6 Å². The molecule has 0 unspecified atom stereocenters. The van der Waals surface area contributed by atoms with Crippen LogP contribution in [0.4, 0.5) is 0 Å². The summed E-state index contributed by atoms with van der Waals surface area (Å²) in [4.78, 5) is 32.3. The van der Waals surface area contributed by atoms with Gasteiger partial charge in [-0.25, -0.2) is 0 Å². The fourth-order valence-electron chi connectivity index (χ4n) is 2.89. The van der Waals surface area contributed by atoms with Crippen molar-refractivity contribution in [3.05, 3.63) is 60.4 Å². The summed E-state index contributed by atoms with van der Waals surface area (Å²) in [7, 11) is 0. The number of piperazine rings is 1. The maximum Gasteiger partial charge on any atom is 0.269 e. The van der Waals surface area contributed by atoms with Crippen molar-refractivity contribution >= 4 is 11.8 Å². The third kappa shape index (κ3) is 5.79. The molecule has 1 fully saturated rings. The van der Waals surface area contributed by atoms with E-state index in [4.69, 9.17) is 4.74 Å². The Morgan fingerprint density at radius 3 is 2.44 bits per heavy atom. The Kier molecular flexibility index (Phi) is 6.76. The number of para-hydroxylation sites is 1. The van der Waals surface area contributed by atoms with Crippen LogP contribution in [-0.4, -0.2) is 72.5 Å². The lowest BCUT2D eigenvalue weighted by Crippen LogP contribution is -2.51. The first-order valence-corrected chi connectivity index (χ1v) is 9.09. The smallest absolute Gasteiger partial charge is 0.269 e. The molecule has 27 heavy (non-hydrogen) atoms. The molecule has 0 aliphatic carbocycles. The number of nitrogens with zero attached hydrogens (tertiary/aromatic N) is 3. The molecule has 1 aliphatic heterocycles. The molecule has 1 aromatic carbocycles. The quantitative estimate of drug-likeness (QED) is 0.790. The first kappa shape index (κ1) is 18.8. The minimum Gasteiger partial charge on any atom is -0.484 e. The van der Waals surface area contributed by atoms with Gasteiger partial charge in [0.2, 0.25) is 0 Å². The highest BCUT2D eigenvalue weighted by atomic mass is 16.5. The van der Waals surface area contributed by atoms with Crippen LogP contribution >= 0.6 is 0 Å². The van der Waals surface area contributed by atoms with Gasteiger partial charge in [-0.05, 0) is 24.3 Å². The summed E-state index contributed by atoms with van der Waals surface area (Å²) >= 11 is 0. The van der Waals surface area contributed by atoms with Crippen molar-refractivity contribution in [3.8, 4) is 5.75 Å². The lowest BCUT2D eigenvalue weighted by molar-refractivity contribution is -0.135. The molecule has 2 amide bonds. The zero-order valence-corrected chi connectivity index (χ0v) is 15.2. The van der Waals surface area contributed by atoms with Crippen molar-refractivity contribution in [1.82, 2.24) is 20.1 Å². The number of benzene rings is 1. The third-order valence-electron chi connectivity index (χ3n) is 4.44. The molecule has 2 aromatic rings. The molecule has 0 saturated carbocycles. The second-order valence-corrected chi connectivity index (χ2v) is 6.30. The second-order valence-electron chi connectivity index (χ2n) is 6.30. The summed E-state index contributed by atoms with van der Waals surface area (Å²) < 4.78 is 5.52. The average molecular weight is 368 g/mol. The number of rotatable bonds is 7. The Morgan fingerprint density at radius 2 is 1.74 bits per heavy atom. The zero-order chi connectivity index (χ0) is 18.9. The molecule has 1 N–H and O–H groups in total. The van der Waals surface area contributed by atoms with E-state index >= 15 is 0 Å². The standard InChI is InChI=1S/C20H24N4O3/c25-19(16-27-17-6-2-1-3-7-17)24-14-12-23(13-15-24)11-10-22-20(26)18-8-4-5-9-21-18/h1-9H,10-16H2,(H,22,26). The number of ether oxygens (including phenoxy) is 1. The van der Waals surface area contributed by atoms with Gasteiger partial charge in [0.05, 0.1) is 0 Å². The number of carbonyl (C=O) groups excluding carboxylic acids is 2. The van der Waals surface area contributed by atoms with E-state index in [1.165, 1.54) is 0 Å². The number of hydrogen-bond acceptors (Lipinski definition) is 5. The van der Waals surface area contributed by atoms with Crippen molar-refractivity contribution in [2.75, 3.05) is 45.9 Å². The van der Waals surface area contributed by atoms with Crippen LogP contribution < -0.4 is 10.1 Å². The van der Waals surface area contributed by atoms with Gasteiger partial charge in [-0.15, -0.1) is 0 Å². The Labute approximate surface area is 158 Å². The Balaban J connectivity index is 1.32. The van der Waals surface area contributed by atoms with E-state index in [2.05, 4.69) is 15.2 Å². The van der Waals surface area contributed by atoms with Crippen LogP contribution in [0.2, 0.25) is 0 Å². The molecule has 0 radical (unpaired) electrons. The third-order valence-corrected chi connectivity index (χ3v) is 4.44. The highest BCUT2D eigenvalue weighted by molar-refractivity contribution is 5.92. The molecule has 1 aromatic heterocycles. The van der Waals surface area contributed by atoms with Gasteiger partial charge in [0.25, 0.3) is 11.8 Å². The Hall–Kier alpha value is -2.93. The summed E-state index contributed by atoms with van der Waals surface area (Å²) in [5, 5.41) is 2.88. The summed E-state index contributed by atoms with van der Waals surface area (Å²) in [5.41, 5.74) is 0.423. The van der Waals surface area contributed by atoms with Crippen molar-refractivity contribution in [2.45, 2.75) is 0 Å². The SMILES string of the molecule is O=C(NCCN1CCN(C(=O)COc2ccccc2)CC1)c1ccccn1. The largest absolute Gasteiger partial charge is 0.484 e. The lowest BCUT2D eigenvalue weighted by atomic mass is 10.3. The minimum atomic E-state index is -0.164. The Morgan fingerprint density at radius 1 is 1.00 bits per heavy atom. The van der Waals surface area contributed by atoms with Gasteiger partial charge < -0.3 is 15.0 Å². The molecular formula is C20H24N4O3. The molecule has 0 bridgehead atoms. The molecular weight excluding hydrogens is 344 g/mol. The van der Waals surface area contributed by atoms with E-state index in [-0.39, 0.29) is 18.4 Å². The van der Waals surface area contributed by atoms with Gasteiger partial charge in [0.1, 0.15) is 11.4 Å². The summed E-state index contributed by atoms with van der Waals surface area (Å²) in [6.45, 7) is 4.29. The van der Waals surface area contributed by atoms with E-state index in [1.807, 2.05) is 35.2 Å². The van der Waals surface area contributed by atoms with Crippen molar-refractivity contribution in [2.24, 2.45) is 0 Å². The maximum atomic E-state index is 12.3. The molecule has 1 aliphatic rings. The van der Waals surface area contributed by atoms with Crippen LogP contribution in [0.3, 0.4) is 0 Å². The first-order valence-electron chi connectivity index (χ1n) is 9.09. The maximum absolute atomic E-state index is 12.3. The molecule has 2 heterocycles. The van der Waals surface area contributed by atoms with Gasteiger partial charge >= 0.3 is 0 Å². The molecule has 0 atom stereocenters. The van der Waals surface area contributed by atoms with Crippen LogP contribution in [0, 0.1) is 0 Å². The van der Waals surface area contributed by atoms with Crippen molar-refractivity contribution in [1.29, 1.82) is 0 Å². The van der Waals surface area contributed by atoms with Gasteiger partial charge in [-0.2, -0.15) is 0 Å². The van der Waals surface area contributed by atoms with Crippen LogP contribution in [0.5, 0.6) is 5.75 Å². The number of amides is 2. The van der Waals surface area contributed by atoms with E-state index in [0.29, 0.717) is 31.1 Å². The van der Waals surface area contributed by atoms with E-state index in [1.54, 1.807) is 24.4 Å². The van der Waals surface area contributed by atoms with Crippen molar-refractivity contribution in [3.63, 3.8) is 0 Å². The van der Waals surface area contributed by atoms with Gasteiger partial charge in [0.15, 0.2) is 6.61 Å². The normalized spacial score (nSPS) is 14.6. The highest BCUT2D eigenvalue weighted by Gasteiger charge is 2.21. The zero-order valence-electron chi connectivity index (χ0n) is 15.2.